The van der Waals surface area contributed by atoms with E-state index in [2.05, 4.69) is 20.2 Å². The molecule has 9 heteroatoms. The van der Waals surface area contributed by atoms with Crippen molar-refractivity contribution in [1.82, 2.24) is 24.7 Å². The lowest BCUT2D eigenvalue weighted by Gasteiger charge is -2.11. The Morgan fingerprint density at radius 1 is 0.931 bits per heavy atom. The monoisotopic (exact) mass is 413 g/mol. The summed E-state index contributed by atoms with van der Waals surface area (Å²) in [6.45, 7) is 1.96. The van der Waals surface area contributed by atoms with Gasteiger partial charge in [-0.15, -0.1) is 10.2 Å². The van der Waals surface area contributed by atoms with Gasteiger partial charge >= 0.3 is 6.18 Å². The van der Waals surface area contributed by atoms with Crippen LogP contribution in [0.25, 0.3) is 17.1 Å². The number of alkyl halides is 3. The van der Waals surface area contributed by atoms with E-state index in [0.29, 0.717) is 11.0 Å². The predicted octanol–water partition coefficient (Wildman–Crippen LogP) is 5.20. The average molecular weight is 413 g/mol. The third-order valence-electron chi connectivity index (χ3n) is 4.03. The molecular formula is C20H14F3N5S. The minimum Gasteiger partial charge on any atom is -0.270 e. The predicted molar refractivity (Wildman–Crippen MR) is 103 cm³/mol. The molecule has 0 N–H and O–H groups in total. The van der Waals surface area contributed by atoms with Gasteiger partial charge in [0, 0.05) is 11.8 Å². The summed E-state index contributed by atoms with van der Waals surface area (Å²) in [7, 11) is 0. The van der Waals surface area contributed by atoms with Gasteiger partial charge in [0.1, 0.15) is 5.69 Å². The number of hydrogen-bond donors (Lipinski definition) is 0. The molecule has 0 atom stereocenters. The quantitative estimate of drug-likeness (QED) is 0.430. The van der Waals surface area contributed by atoms with Crippen LogP contribution in [0.5, 0.6) is 0 Å². The van der Waals surface area contributed by atoms with Gasteiger partial charge in [0.25, 0.3) is 0 Å². The van der Waals surface area contributed by atoms with Gasteiger partial charge in [0.2, 0.25) is 5.16 Å². The first-order chi connectivity index (χ1) is 13.9. The molecule has 0 amide bonds. The number of nitrogens with zero attached hydrogens (tertiary/aromatic N) is 5. The van der Waals surface area contributed by atoms with E-state index in [0.717, 1.165) is 40.8 Å². The van der Waals surface area contributed by atoms with Crippen LogP contribution in [0.2, 0.25) is 0 Å². The lowest BCUT2D eigenvalue weighted by molar-refractivity contribution is -0.141. The van der Waals surface area contributed by atoms with Crippen molar-refractivity contribution < 1.29 is 13.2 Å². The minimum absolute atomic E-state index is 0.0549. The summed E-state index contributed by atoms with van der Waals surface area (Å²) in [6, 6.07) is 18.0. The molecule has 0 aliphatic rings. The Labute approximate surface area is 168 Å². The van der Waals surface area contributed by atoms with Gasteiger partial charge in [0.15, 0.2) is 11.0 Å². The topological polar surface area (TPSA) is 56.5 Å². The van der Waals surface area contributed by atoms with E-state index in [4.69, 9.17) is 0 Å². The van der Waals surface area contributed by atoms with Gasteiger partial charge in [-0.05, 0) is 42.4 Å². The second-order valence-corrected chi connectivity index (χ2v) is 7.11. The maximum Gasteiger partial charge on any atom is 0.433 e. The molecule has 0 saturated carbocycles. The molecule has 29 heavy (non-hydrogen) atoms. The first-order valence-corrected chi connectivity index (χ1v) is 9.39. The highest BCUT2D eigenvalue weighted by Gasteiger charge is 2.33. The molecule has 4 rings (SSSR count). The summed E-state index contributed by atoms with van der Waals surface area (Å²) >= 11 is 0.928. The summed E-state index contributed by atoms with van der Waals surface area (Å²) in [5.41, 5.74) is 1.66. The maximum absolute atomic E-state index is 13.0. The zero-order chi connectivity index (χ0) is 20.4. The van der Waals surface area contributed by atoms with E-state index in [1.165, 1.54) is 0 Å². The molecule has 2 aromatic heterocycles. The van der Waals surface area contributed by atoms with Crippen LogP contribution in [0, 0.1) is 6.92 Å². The van der Waals surface area contributed by atoms with Crippen LogP contribution in [0.1, 0.15) is 11.3 Å². The van der Waals surface area contributed by atoms with E-state index >= 15 is 0 Å². The molecule has 146 valence electrons. The Morgan fingerprint density at radius 2 is 1.72 bits per heavy atom. The summed E-state index contributed by atoms with van der Waals surface area (Å²) < 4.78 is 40.8. The number of aromatic nitrogens is 5. The van der Waals surface area contributed by atoms with Crippen molar-refractivity contribution in [2.24, 2.45) is 0 Å². The molecule has 4 aromatic rings. The highest BCUT2D eigenvalue weighted by atomic mass is 32.2. The molecule has 0 spiro atoms. The molecule has 0 saturated heterocycles. The van der Waals surface area contributed by atoms with Crippen LogP contribution in [0.3, 0.4) is 0 Å². The molecule has 0 aliphatic heterocycles. The smallest absolute Gasteiger partial charge is 0.270 e. The van der Waals surface area contributed by atoms with Crippen molar-refractivity contribution >= 4 is 11.8 Å². The Morgan fingerprint density at radius 3 is 2.45 bits per heavy atom. The minimum atomic E-state index is -4.54. The van der Waals surface area contributed by atoms with E-state index < -0.39 is 11.9 Å². The van der Waals surface area contributed by atoms with Gasteiger partial charge in [-0.25, -0.2) is 9.97 Å². The largest absolute Gasteiger partial charge is 0.433 e. The zero-order valence-corrected chi connectivity index (χ0v) is 15.9. The van der Waals surface area contributed by atoms with Crippen LogP contribution in [-0.2, 0) is 6.18 Å². The summed E-state index contributed by atoms with van der Waals surface area (Å²) in [4.78, 5) is 7.57. The van der Waals surface area contributed by atoms with Crippen molar-refractivity contribution in [2.75, 3.05) is 0 Å². The molecule has 2 aromatic carbocycles. The van der Waals surface area contributed by atoms with E-state index in [9.17, 15) is 13.2 Å². The number of hydrogen-bond acceptors (Lipinski definition) is 5. The molecule has 0 bridgehead atoms. The van der Waals surface area contributed by atoms with Gasteiger partial charge in [-0.3, -0.25) is 4.57 Å². The average Bonchev–Trinajstić information content (AvgIpc) is 3.12. The molecule has 0 fully saturated rings. The number of halogens is 3. The van der Waals surface area contributed by atoms with Crippen LogP contribution < -0.4 is 0 Å². The normalized spacial score (nSPS) is 11.6. The van der Waals surface area contributed by atoms with Crippen molar-refractivity contribution in [2.45, 2.75) is 23.4 Å². The molecule has 0 aliphatic carbocycles. The van der Waals surface area contributed by atoms with Gasteiger partial charge < -0.3 is 0 Å². The summed E-state index contributed by atoms with van der Waals surface area (Å²) in [5, 5.41) is 8.79. The maximum atomic E-state index is 13.0. The number of rotatable bonds is 4. The summed E-state index contributed by atoms with van der Waals surface area (Å²) in [5.74, 6) is 0.575. The fraction of sp³-hybridized carbons (Fsp3) is 0.100. The third-order valence-corrected chi connectivity index (χ3v) is 4.86. The summed E-state index contributed by atoms with van der Waals surface area (Å²) in [6.07, 6.45) is -3.46. The van der Waals surface area contributed by atoms with Crippen LogP contribution in [-0.4, -0.2) is 24.7 Å². The van der Waals surface area contributed by atoms with Gasteiger partial charge in [0.05, 0.1) is 5.69 Å². The Bertz CT molecular complexity index is 1140. The second-order valence-electron chi connectivity index (χ2n) is 6.17. The van der Waals surface area contributed by atoms with E-state index in [1.54, 1.807) is 4.57 Å². The molecule has 0 radical (unpaired) electrons. The molecule has 0 unspecified atom stereocenters. The fourth-order valence-corrected chi connectivity index (χ4v) is 3.53. The van der Waals surface area contributed by atoms with Gasteiger partial charge in [-0.1, -0.05) is 42.5 Å². The zero-order valence-electron chi connectivity index (χ0n) is 15.1. The lowest BCUT2D eigenvalue weighted by atomic mass is 10.2. The highest BCUT2D eigenvalue weighted by molar-refractivity contribution is 7.99. The number of aryl methyl sites for hydroxylation is 1. The van der Waals surface area contributed by atoms with Crippen molar-refractivity contribution in [1.29, 1.82) is 0 Å². The van der Waals surface area contributed by atoms with E-state index in [1.807, 2.05) is 61.5 Å². The van der Waals surface area contributed by atoms with Crippen molar-refractivity contribution in [3.8, 4) is 17.1 Å². The van der Waals surface area contributed by atoms with Crippen molar-refractivity contribution in [3.63, 3.8) is 0 Å². The van der Waals surface area contributed by atoms with E-state index in [-0.39, 0.29) is 5.16 Å². The standard InChI is InChI=1S/C20H14F3N5S/c1-13-6-5-9-15(12-13)28-17(14-7-3-2-4-8-14)26-27-19(28)29-18-24-11-10-16(25-18)20(21,22)23/h2-12H,1H3. The van der Waals surface area contributed by atoms with Crippen LogP contribution in [0.4, 0.5) is 13.2 Å². The Hall–Kier alpha value is -3.20. The third kappa shape index (κ3) is 4.14. The SMILES string of the molecule is Cc1cccc(-n2c(Sc3nccc(C(F)(F)F)n3)nnc2-c2ccccc2)c1. The molecule has 2 heterocycles. The first-order valence-electron chi connectivity index (χ1n) is 8.58. The van der Waals surface area contributed by atoms with Gasteiger partial charge in [-0.2, -0.15) is 13.2 Å². The first kappa shape index (κ1) is 19.1. The Kier molecular flexibility index (Phi) is 5.06. The second kappa shape index (κ2) is 7.67. The van der Waals surface area contributed by atoms with Crippen LogP contribution >= 0.6 is 11.8 Å². The number of benzene rings is 2. The molecular weight excluding hydrogens is 399 g/mol. The Balaban J connectivity index is 1.81. The molecule has 5 nitrogen and oxygen atoms in total. The highest BCUT2D eigenvalue weighted by Crippen LogP contribution is 2.33. The fourth-order valence-electron chi connectivity index (χ4n) is 2.74. The van der Waals surface area contributed by atoms with Crippen LogP contribution in [0.15, 0.2) is 77.2 Å². The van der Waals surface area contributed by atoms with Crippen molar-refractivity contribution in [3.05, 3.63) is 78.1 Å². The lowest BCUT2D eigenvalue weighted by Crippen LogP contribution is -2.09.